The van der Waals surface area contributed by atoms with Gasteiger partial charge in [-0.05, 0) is 37.2 Å². The summed E-state index contributed by atoms with van der Waals surface area (Å²) in [5.41, 5.74) is 1.24. The highest BCUT2D eigenvalue weighted by Crippen LogP contribution is 2.23. The average Bonchev–Trinajstić information content (AvgIpc) is 2.67. The van der Waals surface area contributed by atoms with Crippen molar-refractivity contribution in [3.63, 3.8) is 0 Å². The molecule has 0 atom stereocenters. The van der Waals surface area contributed by atoms with Gasteiger partial charge in [0.2, 0.25) is 0 Å². The highest BCUT2D eigenvalue weighted by molar-refractivity contribution is 5.85. The lowest BCUT2D eigenvalue weighted by Gasteiger charge is -2.20. The number of nitrogens with one attached hydrogen (secondary N) is 1. The molecule has 0 aromatic heterocycles. The molecule has 1 saturated heterocycles. The molecule has 0 bridgehead atoms. The Labute approximate surface area is 121 Å². The first-order chi connectivity index (χ1) is 8.81. The fraction of sp³-hybridized carbons (Fsp3) is 0.571. The van der Waals surface area contributed by atoms with E-state index in [1.807, 2.05) is 6.07 Å². The van der Waals surface area contributed by atoms with E-state index in [1.165, 1.54) is 12.0 Å². The molecule has 0 unspecified atom stereocenters. The number of methoxy groups -OCH3 is 2. The molecule has 0 saturated carbocycles. The van der Waals surface area contributed by atoms with Crippen LogP contribution in [0.25, 0.3) is 0 Å². The molecular weight excluding hydrogens is 264 g/mol. The molecule has 0 spiro atoms. The summed E-state index contributed by atoms with van der Waals surface area (Å²) < 4.78 is 10.6. The number of hydrogen-bond donors (Lipinski definition) is 1. The summed E-state index contributed by atoms with van der Waals surface area (Å²) in [7, 11) is 3.38. The lowest BCUT2D eigenvalue weighted by molar-refractivity contribution is 0.283. The van der Waals surface area contributed by atoms with Gasteiger partial charge in [0.25, 0.3) is 0 Å². The molecule has 2 rings (SSSR count). The van der Waals surface area contributed by atoms with Gasteiger partial charge in [-0.25, -0.2) is 0 Å². The number of hydrogen-bond acceptors (Lipinski definition) is 4. The fourth-order valence-electron chi connectivity index (χ4n) is 2.28. The van der Waals surface area contributed by atoms with E-state index >= 15 is 0 Å². The summed E-state index contributed by atoms with van der Waals surface area (Å²) in [6.45, 7) is 5.39. The van der Waals surface area contributed by atoms with Crippen LogP contribution in [0.15, 0.2) is 18.2 Å². The lowest BCUT2D eigenvalue weighted by atomic mass is 10.2. The summed E-state index contributed by atoms with van der Waals surface area (Å²) in [6, 6.07) is 6.08. The van der Waals surface area contributed by atoms with E-state index in [0.29, 0.717) is 0 Å². The molecule has 1 N–H and O–H groups in total. The molecule has 0 amide bonds. The van der Waals surface area contributed by atoms with Gasteiger partial charge in [-0.2, -0.15) is 0 Å². The van der Waals surface area contributed by atoms with Crippen molar-refractivity contribution in [1.82, 2.24) is 10.2 Å². The Morgan fingerprint density at radius 1 is 1.05 bits per heavy atom. The second-order valence-corrected chi connectivity index (χ2v) is 4.60. The highest BCUT2D eigenvalue weighted by atomic mass is 35.5. The van der Waals surface area contributed by atoms with Crippen LogP contribution in [0.5, 0.6) is 11.5 Å². The maximum absolute atomic E-state index is 5.30. The summed E-state index contributed by atoms with van der Waals surface area (Å²) in [5.74, 6) is 1.72. The standard InChI is InChI=1S/C14H22N2O2.ClH/c1-17-13-8-12(9-14(10-13)18-2)11-16-6-3-4-15-5-7-16;/h8-10,15H,3-7,11H2,1-2H3;1H. The summed E-state index contributed by atoms with van der Waals surface area (Å²) in [6.07, 6.45) is 1.21. The Bertz CT molecular complexity index is 357. The van der Waals surface area contributed by atoms with Gasteiger partial charge in [0.15, 0.2) is 0 Å². The molecule has 1 aromatic rings. The van der Waals surface area contributed by atoms with E-state index in [2.05, 4.69) is 22.3 Å². The zero-order valence-electron chi connectivity index (χ0n) is 11.6. The van der Waals surface area contributed by atoms with Crippen molar-refractivity contribution < 1.29 is 9.47 Å². The van der Waals surface area contributed by atoms with Gasteiger partial charge in [-0.1, -0.05) is 0 Å². The summed E-state index contributed by atoms with van der Waals surface area (Å²) in [5, 5.41) is 3.42. The molecule has 0 radical (unpaired) electrons. The van der Waals surface area contributed by atoms with Crippen molar-refractivity contribution >= 4 is 12.4 Å². The molecule has 1 fully saturated rings. The first-order valence-corrected chi connectivity index (χ1v) is 6.47. The van der Waals surface area contributed by atoms with Gasteiger partial charge >= 0.3 is 0 Å². The number of benzene rings is 1. The normalized spacial score (nSPS) is 16.3. The third-order valence-corrected chi connectivity index (χ3v) is 3.25. The molecule has 0 aliphatic carbocycles. The number of ether oxygens (including phenoxy) is 2. The van der Waals surface area contributed by atoms with Crippen LogP contribution in [-0.2, 0) is 6.54 Å². The van der Waals surface area contributed by atoms with E-state index in [1.54, 1.807) is 14.2 Å². The Kier molecular flexibility index (Phi) is 6.99. The Morgan fingerprint density at radius 3 is 2.37 bits per heavy atom. The first-order valence-electron chi connectivity index (χ1n) is 6.47. The summed E-state index contributed by atoms with van der Waals surface area (Å²) in [4.78, 5) is 2.47. The molecular formula is C14H23ClN2O2. The highest BCUT2D eigenvalue weighted by Gasteiger charge is 2.10. The number of nitrogens with zero attached hydrogens (tertiary/aromatic N) is 1. The second kappa shape index (κ2) is 8.25. The Hall–Kier alpha value is -0.970. The third-order valence-electron chi connectivity index (χ3n) is 3.25. The van der Waals surface area contributed by atoms with E-state index in [0.717, 1.165) is 44.2 Å². The molecule has 5 heteroatoms. The van der Waals surface area contributed by atoms with Gasteiger partial charge in [-0.3, -0.25) is 4.90 Å². The Balaban J connectivity index is 0.00000180. The molecule has 1 aromatic carbocycles. The van der Waals surface area contributed by atoms with Crippen molar-refractivity contribution in [1.29, 1.82) is 0 Å². The minimum absolute atomic E-state index is 0. The molecule has 1 aliphatic heterocycles. The maximum atomic E-state index is 5.30. The molecule has 108 valence electrons. The van der Waals surface area contributed by atoms with Crippen LogP contribution in [0.4, 0.5) is 0 Å². The van der Waals surface area contributed by atoms with Crippen molar-refractivity contribution in [3.8, 4) is 11.5 Å². The van der Waals surface area contributed by atoms with E-state index in [-0.39, 0.29) is 12.4 Å². The van der Waals surface area contributed by atoms with E-state index < -0.39 is 0 Å². The van der Waals surface area contributed by atoms with Crippen molar-refractivity contribution in [3.05, 3.63) is 23.8 Å². The number of rotatable bonds is 4. The van der Waals surface area contributed by atoms with Crippen LogP contribution in [0.1, 0.15) is 12.0 Å². The predicted molar refractivity (Wildman–Crippen MR) is 79.6 cm³/mol. The second-order valence-electron chi connectivity index (χ2n) is 4.60. The largest absolute Gasteiger partial charge is 0.497 e. The van der Waals surface area contributed by atoms with Crippen molar-refractivity contribution in [2.24, 2.45) is 0 Å². The Morgan fingerprint density at radius 2 is 1.74 bits per heavy atom. The molecule has 19 heavy (non-hydrogen) atoms. The van der Waals surface area contributed by atoms with E-state index in [4.69, 9.17) is 9.47 Å². The SMILES string of the molecule is COc1cc(CN2CCCNCC2)cc(OC)c1.Cl. The topological polar surface area (TPSA) is 33.7 Å². The van der Waals surface area contributed by atoms with Crippen molar-refractivity contribution in [2.45, 2.75) is 13.0 Å². The lowest BCUT2D eigenvalue weighted by Crippen LogP contribution is -2.27. The van der Waals surface area contributed by atoms with Crippen LogP contribution in [0, 0.1) is 0 Å². The quantitative estimate of drug-likeness (QED) is 0.917. The first kappa shape index (κ1) is 16.1. The van der Waals surface area contributed by atoms with E-state index in [9.17, 15) is 0 Å². The smallest absolute Gasteiger partial charge is 0.122 e. The molecule has 1 aliphatic rings. The minimum Gasteiger partial charge on any atom is -0.497 e. The predicted octanol–water partition coefficient (Wildman–Crippen LogP) is 1.92. The van der Waals surface area contributed by atoms with Crippen LogP contribution in [0.2, 0.25) is 0 Å². The summed E-state index contributed by atoms with van der Waals surface area (Å²) >= 11 is 0. The van der Waals surface area contributed by atoms with Crippen LogP contribution in [0.3, 0.4) is 0 Å². The van der Waals surface area contributed by atoms with Crippen LogP contribution < -0.4 is 14.8 Å². The van der Waals surface area contributed by atoms with Crippen LogP contribution >= 0.6 is 12.4 Å². The third kappa shape index (κ3) is 4.90. The monoisotopic (exact) mass is 286 g/mol. The van der Waals surface area contributed by atoms with Crippen LogP contribution in [-0.4, -0.2) is 45.3 Å². The fourth-order valence-corrected chi connectivity index (χ4v) is 2.28. The van der Waals surface area contributed by atoms with Gasteiger partial charge < -0.3 is 14.8 Å². The van der Waals surface area contributed by atoms with Crippen molar-refractivity contribution in [2.75, 3.05) is 40.4 Å². The average molecular weight is 287 g/mol. The van der Waals surface area contributed by atoms with Gasteiger partial charge in [0.05, 0.1) is 14.2 Å². The van der Waals surface area contributed by atoms with Gasteiger partial charge in [0.1, 0.15) is 11.5 Å². The molecule has 1 heterocycles. The maximum Gasteiger partial charge on any atom is 0.122 e. The van der Waals surface area contributed by atoms with Gasteiger partial charge in [0, 0.05) is 25.7 Å². The molecule has 4 nitrogen and oxygen atoms in total. The number of halogens is 1. The zero-order chi connectivity index (χ0) is 12.8. The van der Waals surface area contributed by atoms with Gasteiger partial charge in [-0.15, -0.1) is 12.4 Å². The minimum atomic E-state index is 0. The zero-order valence-corrected chi connectivity index (χ0v) is 12.5.